The van der Waals surface area contributed by atoms with E-state index in [9.17, 15) is 0 Å². The van der Waals surface area contributed by atoms with Gasteiger partial charge in [0, 0.05) is 6.54 Å². The molecule has 5 heteroatoms. The van der Waals surface area contributed by atoms with Gasteiger partial charge in [0.1, 0.15) is 9.34 Å². The Morgan fingerprint density at radius 1 is 1.71 bits per heavy atom. The summed E-state index contributed by atoms with van der Waals surface area (Å²) in [6.07, 6.45) is 2.94. The minimum atomic E-state index is 0.672. The number of hydrogen-bond acceptors (Lipinski definition) is 4. The second-order valence-corrected chi connectivity index (χ2v) is 5.43. The lowest BCUT2D eigenvalue weighted by Crippen LogP contribution is -2.22. The van der Waals surface area contributed by atoms with Crippen LogP contribution in [0.5, 0.6) is 0 Å². The van der Waals surface area contributed by atoms with Crippen LogP contribution in [-0.2, 0) is 6.54 Å². The van der Waals surface area contributed by atoms with Crippen LogP contribution in [0.3, 0.4) is 0 Å². The van der Waals surface area contributed by atoms with E-state index in [1.807, 2.05) is 0 Å². The molecule has 3 nitrogen and oxygen atoms in total. The summed E-state index contributed by atoms with van der Waals surface area (Å²) in [6, 6.07) is 0. The van der Waals surface area contributed by atoms with E-state index in [1.54, 1.807) is 17.5 Å². The summed E-state index contributed by atoms with van der Waals surface area (Å²) in [7, 11) is 0. The molecule has 1 atom stereocenters. The third-order valence-electron chi connectivity index (χ3n) is 2.59. The van der Waals surface area contributed by atoms with Crippen LogP contribution in [0, 0.1) is 5.92 Å². The molecule has 1 saturated heterocycles. The van der Waals surface area contributed by atoms with Gasteiger partial charge in [0.2, 0.25) is 0 Å². The molecule has 14 heavy (non-hydrogen) atoms. The van der Waals surface area contributed by atoms with Gasteiger partial charge in [0.05, 0.1) is 12.7 Å². The highest BCUT2D eigenvalue weighted by molar-refractivity contribution is 7.15. The van der Waals surface area contributed by atoms with Gasteiger partial charge in [-0.05, 0) is 25.4 Å². The van der Waals surface area contributed by atoms with Crippen LogP contribution in [0.25, 0.3) is 0 Å². The van der Waals surface area contributed by atoms with E-state index < -0.39 is 0 Å². The standard InChI is InChI=1S/C9H14ClN3S/c10-8-4-12-9(14-8)6-13-2-1-7(3-11)5-13/h4,7H,1-3,5-6,11H2. The molecule has 1 aliphatic heterocycles. The van der Waals surface area contributed by atoms with E-state index in [0.717, 1.165) is 35.5 Å². The normalized spacial score (nSPS) is 23.1. The third kappa shape index (κ3) is 2.45. The Kier molecular flexibility index (Phi) is 3.38. The van der Waals surface area contributed by atoms with Gasteiger partial charge < -0.3 is 5.73 Å². The van der Waals surface area contributed by atoms with Crippen LogP contribution in [0.4, 0.5) is 0 Å². The topological polar surface area (TPSA) is 42.1 Å². The number of nitrogens with two attached hydrogens (primary N) is 1. The number of halogens is 1. The smallest absolute Gasteiger partial charge is 0.113 e. The molecule has 1 fully saturated rings. The number of nitrogens with zero attached hydrogens (tertiary/aromatic N) is 2. The molecule has 2 heterocycles. The molecule has 0 aliphatic carbocycles. The Morgan fingerprint density at radius 2 is 2.57 bits per heavy atom. The fourth-order valence-corrected chi connectivity index (χ4v) is 2.80. The van der Waals surface area contributed by atoms with Crippen LogP contribution in [0.15, 0.2) is 6.20 Å². The van der Waals surface area contributed by atoms with Crippen molar-refractivity contribution < 1.29 is 0 Å². The average Bonchev–Trinajstić information content (AvgIpc) is 2.76. The summed E-state index contributed by atoms with van der Waals surface area (Å²) >= 11 is 7.38. The van der Waals surface area contributed by atoms with Crippen LogP contribution in [0.1, 0.15) is 11.4 Å². The van der Waals surface area contributed by atoms with Crippen molar-refractivity contribution in [2.75, 3.05) is 19.6 Å². The molecule has 1 aromatic rings. The van der Waals surface area contributed by atoms with Crippen LogP contribution >= 0.6 is 22.9 Å². The Labute approximate surface area is 92.9 Å². The quantitative estimate of drug-likeness (QED) is 0.859. The fraction of sp³-hybridized carbons (Fsp3) is 0.667. The van der Waals surface area contributed by atoms with E-state index in [4.69, 9.17) is 17.3 Å². The van der Waals surface area contributed by atoms with E-state index in [-0.39, 0.29) is 0 Å². The van der Waals surface area contributed by atoms with E-state index in [0.29, 0.717) is 5.92 Å². The molecule has 0 bridgehead atoms. The van der Waals surface area contributed by atoms with Gasteiger partial charge in [0.25, 0.3) is 0 Å². The van der Waals surface area contributed by atoms with Crippen molar-refractivity contribution in [1.29, 1.82) is 0 Å². The zero-order valence-corrected chi connectivity index (χ0v) is 9.52. The molecule has 78 valence electrons. The first-order valence-electron chi connectivity index (χ1n) is 4.80. The molecule has 0 spiro atoms. The molecule has 2 rings (SSSR count). The van der Waals surface area contributed by atoms with Crippen molar-refractivity contribution in [2.24, 2.45) is 11.7 Å². The molecule has 0 aromatic carbocycles. The lowest BCUT2D eigenvalue weighted by atomic mass is 10.1. The highest BCUT2D eigenvalue weighted by Crippen LogP contribution is 2.22. The summed E-state index contributed by atoms with van der Waals surface area (Å²) in [5.41, 5.74) is 5.63. The minimum Gasteiger partial charge on any atom is -0.330 e. The van der Waals surface area contributed by atoms with Gasteiger partial charge in [-0.3, -0.25) is 4.90 Å². The number of aromatic nitrogens is 1. The largest absolute Gasteiger partial charge is 0.330 e. The molecule has 1 aromatic heterocycles. The molecule has 0 saturated carbocycles. The van der Waals surface area contributed by atoms with Gasteiger partial charge in [-0.25, -0.2) is 4.98 Å². The average molecular weight is 232 g/mol. The second-order valence-electron chi connectivity index (χ2n) is 3.68. The van der Waals surface area contributed by atoms with Gasteiger partial charge in [-0.2, -0.15) is 0 Å². The number of thiazole rings is 1. The Hall–Kier alpha value is -0.160. The fourth-order valence-electron chi connectivity index (χ4n) is 1.80. The zero-order chi connectivity index (χ0) is 9.97. The zero-order valence-electron chi connectivity index (χ0n) is 7.95. The predicted molar refractivity (Wildman–Crippen MR) is 59.6 cm³/mol. The predicted octanol–water partition coefficient (Wildman–Crippen LogP) is 1.58. The Bertz CT molecular complexity index is 302. The van der Waals surface area contributed by atoms with Crippen molar-refractivity contribution in [2.45, 2.75) is 13.0 Å². The summed E-state index contributed by atoms with van der Waals surface area (Å²) in [5, 5.41) is 1.10. The highest BCUT2D eigenvalue weighted by atomic mass is 35.5. The van der Waals surface area contributed by atoms with E-state index >= 15 is 0 Å². The van der Waals surface area contributed by atoms with Crippen molar-refractivity contribution >= 4 is 22.9 Å². The summed E-state index contributed by atoms with van der Waals surface area (Å²) in [5.74, 6) is 0.672. The number of likely N-dealkylation sites (tertiary alicyclic amines) is 1. The maximum Gasteiger partial charge on any atom is 0.113 e. The van der Waals surface area contributed by atoms with Gasteiger partial charge >= 0.3 is 0 Å². The molecule has 2 N–H and O–H groups in total. The van der Waals surface area contributed by atoms with Gasteiger partial charge in [-0.15, -0.1) is 11.3 Å². The summed E-state index contributed by atoms with van der Waals surface area (Å²) < 4.78 is 0.773. The first-order valence-corrected chi connectivity index (χ1v) is 6.00. The van der Waals surface area contributed by atoms with E-state index in [1.165, 1.54) is 6.42 Å². The molecule has 1 unspecified atom stereocenters. The third-order valence-corrected chi connectivity index (χ3v) is 3.69. The minimum absolute atomic E-state index is 0.672. The maximum absolute atomic E-state index is 5.82. The number of rotatable bonds is 3. The van der Waals surface area contributed by atoms with Crippen LogP contribution < -0.4 is 5.73 Å². The van der Waals surface area contributed by atoms with Gasteiger partial charge in [-0.1, -0.05) is 11.6 Å². The van der Waals surface area contributed by atoms with E-state index in [2.05, 4.69) is 9.88 Å². The number of hydrogen-bond donors (Lipinski definition) is 1. The summed E-state index contributed by atoms with van der Waals surface area (Å²) in [4.78, 5) is 6.64. The molecule has 0 radical (unpaired) electrons. The second kappa shape index (κ2) is 4.57. The lowest BCUT2D eigenvalue weighted by molar-refractivity contribution is 0.317. The summed E-state index contributed by atoms with van der Waals surface area (Å²) in [6.45, 7) is 3.97. The SMILES string of the molecule is NCC1CCN(Cc2ncc(Cl)s2)C1. The van der Waals surface area contributed by atoms with Crippen molar-refractivity contribution in [3.63, 3.8) is 0 Å². The van der Waals surface area contributed by atoms with Crippen molar-refractivity contribution in [1.82, 2.24) is 9.88 Å². The Morgan fingerprint density at radius 3 is 3.14 bits per heavy atom. The van der Waals surface area contributed by atoms with Crippen LogP contribution in [-0.4, -0.2) is 29.5 Å². The van der Waals surface area contributed by atoms with Gasteiger partial charge in [0.15, 0.2) is 0 Å². The van der Waals surface area contributed by atoms with Crippen molar-refractivity contribution in [3.8, 4) is 0 Å². The molecule has 0 amide bonds. The first-order chi connectivity index (χ1) is 6.78. The monoisotopic (exact) mass is 231 g/mol. The molecular weight excluding hydrogens is 218 g/mol. The van der Waals surface area contributed by atoms with Crippen LogP contribution in [0.2, 0.25) is 4.34 Å². The highest BCUT2D eigenvalue weighted by Gasteiger charge is 2.21. The lowest BCUT2D eigenvalue weighted by Gasteiger charge is -2.13. The molecular formula is C9H14ClN3S. The van der Waals surface area contributed by atoms with Crippen molar-refractivity contribution in [3.05, 3.63) is 15.5 Å². The maximum atomic E-state index is 5.82. The Balaban J connectivity index is 1.87. The first kappa shape index (κ1) is 10.4. The molecule has 1 aliphatic rings.